The summed E-state index contributed by atoms with van der Waals surface area (Å²) in [6, 6.07) is 5.59. The maximum absolute atomic E-state index is 13.1. The number of morpholine rings is 1. The standard InChI is InChI=1S/C23H33ClN6O3S/c1-23(2,3)22(32)30-20(26-13-16-4-5-19(24)34-16)12-17(27-30)18-14-29(7-6-25-18)21(31)15-28-8-10-33-11-9-28/h4-5,12,18,25-26H,6-11,13-15H2,1-3H3. The molecule has 2 aliphatic rings. The van der Waals surface area contributed by atoms with Gasteiger partial charge in [-0.3, -0.25) is 14.5 Å². The second-order valence-corrected chi connectivity index (χ2v) is 11.5. The van der Waals surface area contributed by atoms with E-state index in [1.54, 1.807) is 0 Å². The van der Waals surface area contributed by atoms with Crippen molar-refractivity contribution >= 4 is 40.6 Å². The van der Waals surface area contributed by atoms with Crippen LogP contribution in [-0.4, -0.2) is 83.9 Å². The molecule has 1 atom stereocenters. The molecule has 1 unspecified atom stereocenters. The van der Waals surface area contributed by atoms with Gasteiger partial charge in [0.2, 0.25) is 5.91 Å². The fourth-order valence-electron chi connectivity index (χ4n) is 4.02. The van der Waals surface area contributed by atoms with E-state index in [1.807, 2.05) is 43.9 Å². The highest BCUT2D eigenvalue weighted by atomic mass is 35.5. The van der Waals surface area contributed by atoms with Crippen LogP contribution < -0.4 is 10.6 Å². The van der Waals surface area contributed by atoms with E-state index in [9.17, 15) is 9.59 Å². The van der Waals surface area contributed by atoms with Crippen molar-refractivity contribution in [1.82, 2.24) is 24.9 Å². The highest BCUT2D eigenvalue weighted by Crippen LogP contribution is 2.26. The van der Waals surface area contributed by atoms with Crippen LogP contribution in [-0.2, 0) is 16.1 Å². The highest BCUT2D eigenvalue weighted by molar-refractivity contribution is 7.16. The quantitative estimate of drug-likeness (QED) is 0.619. The summed E-state index contributed by atoms with van der Waals surface area (Å²) in [5.74, 6) is 0.658. The van der Waals surface area contributed by atoms with Crippen molar-refractivity contribution in [2.24, 2.45) is 5.41 Å². The molecule has 2 aromatic heterocycles. The summed E-state index contributed by atoms with van der Waals surface area (Å²) >= 11 is 7.56. The molecule has 2 aromatic rings. The summed E-state index contributed by atoms with van der Waals surface area (Å²) in [5.41, 5.74) is 0.153. The van der Waals surface area contributed by atoms with E-state index in [-0.39, 0.29) is 17.9 Å². The number of rotatable bonds is 6. The van der Waals surface area contributed by atoms with Gasteiger partial charge in [0.15, 0.2) is 0 Å². The Balaban J connectivity index is 1.48. The molecule has 4 rings (SSSR count). The lowest BCUT2D eigenvalue weighted by molar-refractivity contribution is -0.134. The van der Waals surface area contributed by atoms with Crippen molar-refractivity contribution < 1.29 is 14.3 Å². The van der Waals surface area contributed by atoms with E-state index >= 15 is 0 Å². The minimum atomic E-state index is -0.591. The van der Waals surface area contributed by atoms with Gasteiger partial charge in [0.25, 0.3) is 5.91 Å². The van der Waals surface area contributed by atoms with E-state index in [1.165, 1.54) is 16.0 Å². The molecule has 0 radical (unpaired) electrons. The first-order chi connectivity index (χ1) is 16.2. The van der Waals surface area contributed by atoms with Crippen molar-refractivity contribution in [3.05, 3.63) is 33.1 Å². The Hall–Kier alpha value is -1.98. The van der Waals surface area contributed by atoms with Crippen molar-refractivity contribution in [3.8, 4) is 0 Å². The van der Waals surface area contributed by atoms with Crippen LogP contribution in [0.5, 0.6) is 0 Å². The average molecular weight is 509 g/mol. The van der Waals surface area contributed by atoms with Gasteiger partial charge in [0, 0.05) is 49.1 Å². The lowest BCUT2D eigenvalue weighted by atomic mass is 9.96. The molecule has 2 fully saturated rings. The third-order valence-electron chi connectivity index (χ3n) is 5.98. The van der Waals surface area contributed by atoms with Crippen LogP contribution in [0.3, 0.4) is 0 Å². The number of hydrogen-bond donors (Lipinski definition) is 2. The van der Waals surface area contributed by atoms with Gasteiger partial charge < -0.3 is 20.3 Å². The monoisotopic (exact) mass is 508 g/mol. The molecule has 0 aliphatic carbocycles. The smallest absolute Gasteiger partial charge is 0.254 e. The maximum atomic E-state index is 13.1. The Labute approximate surface area is 209 Å². The largest absolute Gasteiger partial charge is 0.379 e. The number of amides is 1. The first kappa shape index (κ1) is 25.1. The minimum absolute atomic E-state index is 0.0958. The van der Waals surface area contributed by atoms with Gasteiger partial charge in [0.05, 0.1) is 42.4 Å². The number of carbonyl (C=O) groups is 2. The number of anilines is 1. The SMILES string of the molecule is CC(C)(C)C(=O)n1nc(C2CN(C(=O)CN3CCOCC3)CCN2)cc1NCc1ccc(Cl)s1. The molecule has 1 amide bonds. The van der Waals surface area contributed by atoms with Crippen LogP contribution in [0.4, 0.5) is 5.82 Å². The lowest BCUT2D eigenvalue weighted by Gasteiger charge is -2.35. The summed E-state index contributed by atoms with van der Waals surface area (Å²) in [5, 5.41) is 11.5. The van der Waals surface area contributed by atoms with Crippen LogP contribution in [0.15, 0.2) is 18.2 Å². The fraction of sp³-hybridized carbons (Fsp3) is 0.609. The summed E-state index contributed by atoms with van der Waals surface area (Å²) in [4.78, 5) is 31.2. The molecule has 0 spiro atoms. The normalized spacial score (nSPS) is 19.9. The van der Waals surface area contributed by atoms with Crippen LogP contribution in [0.1, 0.15) is 42.2 Å². The first-order valence-electron chi connectivity index (χ1n) is 11.6. The summed E-state index contributed by atoms with van der Waals surface area (Å²) < 4.78 is 7.57. The van der Waals surface area contributed by atoms with Crippen molar-refractivity contribution in [3.63, 3.8) is 0 Å². The Morgan fingerprint density at radius 2 is 2.03 bits per heavy atom. The fourth-order valence-corrected chi connectivity index (χ4v) is 5.04. The maximum Gasteiger partial charge on any atom is 0.254 e. The summed E-state index contributed by atoms with van der Waals surface area (Å²) in [7, 11) is 0. The molecule has 2 aliphatic heterocycles. The van der Waals surface area contributed by atoms with Crippen LogP contribution in [0.25, 0.3) is 0 Å². The topological polar surface area (TPSA) is 91.7 Å². The van der Waals surface area contributed by atoms with E-state index in [0.717, 1.165) is 28.0 Å². The minimum Gasteiger partial charge on any atom is -0.379 e. The van der Waals surface area contributed by atoms with E-state index < -0.39 is 5.41 Å². The van der Waals surface area contributed by atoms with Crippen molar-refractivity contribution in [2.45, 2.75) is 33.4 Å². The van der Waals surface area contributed by atoms with Gasteiger partial charge in [-0.15, -0.1) is 11.3 Å². The Bertz CT molecular complexity index is 1010. The van der Waals surface area contributed by atoms with Gasteiger partial charge >= 0.3 is 0 Å². The molecule has 9 nitrogen and oxygen atoms in total. The predicted octanol–water partition coefficient (Wildman–Crippen LogP) is 2.70. The molecule has 2 saturated heterocycles. The Morgan fingerprint density at radius 3 is 2.71 bits per heavy atom. The molecule has 4 heterocycles. The summed E-state index contributed by atoms with van der Waals surface area (Å²) in [6.07, 6.45) is 0. The number of ether oxygens (including phenoxy) is 1. The molecule has 0 bridgehead atoms. The molecule has 0 saturated carbocycles. The van der Waals surface area contributed by atoms with Gasteiger partial charge in [-0.1, -0.05) is 32.4 Å². The van der Waals surface area contributed by atoms with E-state index in [2.05, 4.69) is 20.6 Å². The Kier molecular flexibility index (Phi) is 7.94. The van der Waals surface area contributed by atoms with Gasteiger partial charge in [-0.05, 0) is 12.1 Å². The number of carbonyl (C=O) groups excluding carboxylic acids is 2. The molecule has 11 heteroatoms. The zero-order valence-corrected chi connectivity index (χ0v) is 21.5. The van der Waals surface area contributed by atoms with Crippen molar-refractivity contribution in [2.75, 3.05) is 57.8 Å². The molecular formula is C23H33ClN6O3S. The lowest BCUT2D eigenvalue weighted by Crippen LogP contribution is -2.52. The number of thiophene rings is 1. The van der Waals surface area contributed by atoms with Gasteiger partial charge in [-0.25, -0.2) is 0 Å². The molecule has 186 valence electrons. The average Bonchev–Trinajstić information content (AvgIpc) is 3.43. The molecule has 34 heavy (non-hydrogen) atoms. The zero-order valence-electron chi connectivity index (χ0n) is 20.0. The third kappa shape index (κ3) is 6.17. The van der Waals surface area contributed by atoms with Crippen molar-refractivity contribution in [1.29, 1.82) is 0 Å². The number of aromatic nitrogens is 2. The van der Waals surface area contributed by atoms with Crippen LogP contribution in [0.2, 0.25) is 4.34 Å². The summed E-state index contributed by atoms with van der Waals surface area (Å²) in [6.45, 7) is 11.3. The molecular weight excluding hydrogens is 476 g/mol. The Morgan fingerprint density at radius 1 is 1.26 bits per heavy atom. The third-order valence-corrected chi connectivity index (χ3v) is 7.21. The number of halogens is 1. The predicted molar refractivity (Wildman–Crippen MR) is 134 cm³/mol. The van der Waals surface area contributed by atoms with Crippen LogP contribution >= 0.6 is 22.9 Å². The molecule has 2 N–H and O–H groups in total. The van der Waals surface area contributed by atoms with Gasteiger partial charge in [-0.2, -0.15) is 9.78 Å². The first-order valence-corrected chi connectivity index (χ1v) is 12.8. The molecule has 0 aromatic carbocycles. The zero-order chi connectivity index (χ0) is 24.3. The van der Waals surface area contributed by atoms with Gasteiger partial charge in [0.1, 0.15) is 5.82 Å². The number of piperazine rings is 1. The van der Waals surface area contributed by atoms with E-state index in [4.69, 9.17) is 16.3 Å². The second-order valence-electron chi connectivity index (χ2n) is 9.72. The van der Waals surface area contributed by atoms with Crippen LogP contribution in [0, 0.1) is 5.41 Å². The highest BCUT2D eigenvalue weighted by Gasteiger charge is 2.31. The number of nitrogens with one attached hydrogen (secondary N) is 2. The number of nitrogens with zero attached hydrogens (tertiary/aromatic N) is 4. The number of hydrogen-bond acceptors (Lipinski definition) is 8. The van der Waals surface area contributed by atoms with E-state index in [0.29, 0.717) is 51.8 Å². The second kappa shape index (κ2) is 10.7.